The molecular formula is C17H24FIN4OS. The van der Waals surface area contributed by atoms with Crippen molar-refractivity contribution in [1.29, 1.82) is 0 Å². The van der Waals surface area contributed by atoms with E-state index >= 15 is 0 Å². The first kappa shape index (κ1) is 21.6. The Bertz CT molecular complexity index is 663. The van der Waals surface area contributed by atoms with Gasteiger partial charge < -0.3 is 15.4 Å². The first-order chi connectivity index (χ1) is 11.6. The summed E-state index contributed by atoms with van der Waals surface area (Å²) in [6.45, 7) is 5.28. The smallest absolute Gasteiger partial charge is 0.191 e. The van der Waals surface area contributed by atoms with Crippen LogP contribution in [-0.4, -0.2) is 30.6 Å². The second kappa shape index (κ2) is 11.2. The van der Waals surface area contributed by atoms with Gasteiger partial charge in [0.05, 0.1) is 13.1 Å². The van der Waals surface area contributed by atoms with Gasteiger partial charge in [-0.05, 0) is 37.6 Å². The lowest BCUT2D eigenvalue weighted by molar-refractivity contribution is 0.223. The van der Waals surface area contributed by atoms with Gasteiger partial charge in [-0.15, -0.1) is 35.3 Å². The van der Waals surface area contributed by atoms with Gasteiger partial charge in [-0.3, -0.25) is 4.99 Å². The Morgan fingerprint density at radius 2 is 2.04 bits per heavy atom. The zero-order chi connectivity index (χ0) is 17.4. The van der Waals surface area contributed by atoms with Gasteiger partial charge in [0.15, 0.2) is 5.96 Å². The molecule has 138 valence electrons. The molecule has 25 heavy (non-hydrogen) atoms. The third-order valence-corrected chi connectivity index (χ3v) is 4.43. The number of halogens is 2. The van der Waals surface area contributed by atoms with Crippen LogP contribution < -0.4 is 15.4 Å². The fourth-order valence-corrected chi connectivity index (χ4v) is 2.80. The molecule has 0 bridgehead atoms. The van der Waals surface area contributed by atoms with Gasteiger partial charge in [-0.25, -0.2) is 9.37 Å². The Balaban J connectivity index is 0.00000312. The maximum Gasteiger partial charge on any atom is 0.191 e. The zero-order valence-corrected chi connectivity index (χ0v) is 17.7. The van der Waals surface area contributed by atoms with Crippen molar-refractivity contribution >= 4 is 41.3 Å². The highest BCUT2D eigenvalue weighted by molar-refractivity contribution is 14.0. The molecule has 2 rings (SSSR count). The lowest BCUT2D eigenvalue weighted by Crippen LogP contribution is -2.41. The monoisotopic (exact) mass is 478 g/mol. The van der Waals surface area contributed by atoms with Crippen molar-refractivity contribution in [3.8, 4) is 5.75 Å². The second-order valence-electron chi connectivity index (χ2n) is 5.26. The summed E-state index contributed by atoms with van der Waals surface area (Å²) >= 11 is 1.70. The van der Waals surface area contributed by atoms with Crippen LogP contribution in [0.2, 0.25) is 0 Å². The van der Waals surface area contributed by atoms with Gasteiger partial charge in [0.2, 0.25) is 0 Å². The highest BCUT2D eigenvalue weighted by Gasteiger charge is 2.07. The molecule has 0 aliphatic carbocycles. The van der Waals surface area contributed by atoms with E-state index in [1.807, 2.05) is 13.1 Å². The van der Waals surface area contributed by atoms with Crippen LogP contribution in [-0.2, 0) is 13.0 Å². The van der Waals surface area contributed by atoms with Gasteiger partial charge in [-0.2, -0.15) is 0 Å². The van der Waals surface area contributed by atoms with Crippen LogP contribution in [0.15, 0.2) is 35.5 Å². The van der Waals surface area contributed by atoms with Crippen LogP contribution in [0, 0.1) is 5.82 Å². The lowest BCUT2D eigenvalue weighted by Gasteiger charge is -2.17. The summed E-state index contributed by atoms with van der Waals surface area (Å²) in [5.74, 6) is 1.06. The molecule has 0 aliphatic rings. The molecule has 8 heteroatoms. The first-order valence-electron chi connectivity index (χ1n) is 7.91. The molecule has 0 fully saturated rings. The van der Waals surface area contributed by atoms with Crippen LogP contribution in [0.4, 0.5) is 4.39 Å². The number of hydrogen-bond donors (Lipinski definition) is 2. The van der Waals surface area contributed by atoms with E-state index in [1.54, 1.807) is 30.5 Å². The average Bonchev–Trinajstić information content (AvgIpc) is 3.05. The minimum absolute atomic E-state index is 0. The Morgan fingerprint density at radius 1 is 1.32 bits per heavy atom. The molecule has 1 atom stereocenters. The van der Waals surface area contributed by atoms with Gasteiger partial charge in [-0.1, -0.05) is 6.92 Å². The van der Waals surface area contributed by atoms with E-state index in [4.69, 9.17) is 4.74 Å². The van der Waals surface area contributed by atoms with Crippen LogP contribution in [0.1, 0.15) is 23.7 Å². The van der Waals surface area contributed by atoms with E-state index in [0.29, 0.717) is 24.8 Å². The van der Waals surface area contributed by atoms with Crippen LogP contribution in [0.5, 0.6) is 5.75 Å². The Morgan fingerprint density at radius 3 is 2.64 bits per heavy atom. The average molecular weight is 478 g/mol. The highest BCUT2D eigenvalue weighted by atomic mass is 127. The number of guanidine groups is 1. The lowest BCUT2D eigenvalue weighted by atomic mass is 10.3. The van der Waals surface area contributed by atoms with Gasteiger partial charge in [0.25, 0.3) is 0 Å². The number of benzene rings is 1. The highest BCUT2D eigenvalue weighted by Crippen LogP contribution is 2.13. The Hall–Kier alpha value is -1.42. The van der Waals surface area contributed by atoms with Crippen LogP contribution in [0.25, 0.3) is 0 Å². The molecule has 2 N–H and O–H groups in total. The summed E-state index contributed by atoms with van der Waals surface area (Å²) in [6, 6.07) is 6.00. The number of aromatic nitrogens is 1. The summed E-state index contributed by atoms with van der Waals surface area (Å²) in [7, 11) is 1.72. The van der Waals surface area contributed by atoms with Crippen LogP contribution >= 0.6 is 35.3 Å². The van der Waals surface area contributed by atoms with E-state index in [2.05, 4.69) is 27.5 Å². The zero-order valence-electron chi connectivity index (χ0n) is 14.6. The van der Waals surface area contributed by atoms with Crippen molar-refractivity contribution in [1.82, 2.24) is 15.6 Å². The molecule has 0 aliphatic heterocycles. The van der Waals surface area contributed by atoms with Crippen molar-refractivity contribution in [2.45, 2.75) is 32.9 Å². The summed E-state index contributed by atoms with van der Waals surface area (Å²) in [5.41, 5.74) is 0. The maximum absolute atomic E-state index is 12.9. The number of nitrogens with one attached hydrogen (secondary N) is 2. The molecule has 1 aromatic heterocycles. The number of nitrogens with zero attached hydrogens (tertiary/aromatic N) is 2. The maximum atomic E-state index is 12.9. The van der Waals surface area contributed by atoms with E-state index in [-0.39, 0.29) is 35.9 Å². The number of thiazole rings is 1. The van der Waals surface area contributed by atoms with Crippen molar-refractivity contribution in [2.75, 3.05) is 13.6 Å². The molecule has 0 saturated carbocycles. The molecule has 2 aromatic rings. The number of aliphatic imine (C=N–C) groups is 1. The fraction of sp³-hybridized carbons (Fsp3) is 0.412. The molecular weight excluding hydrogens is 454 g/mol. The topological polar surface area (TPSA) is 58.5 Å². The minimum atomic E-state index is -0.272. The molecule has 0 amide bonds. The summed E-state index contributed by atoms with van der Waals surface area (Å²) in [6.07, 6.45) is 2.83. The van der Waals surface area contributed by atoms with E-state index in [9.17, 15) is 4.39 Å². The predicted octanol–water partition coefficient (Wildman–Crippen LogP) is 3.60. The predicted molar refractivity (Wildman–Crippen MR) is 112 cm³/mol. The fourth-order valence-electron chi connectivity index (χ4n) is 2.00. The van der Waals surface area contributed by atoms with Gasteiger partial charge in [0, 0.05) is 18.1 Å². The minimum Gasteiger partial charge on any atom is -0.489 e. The van der Waals surface area contributed by atoms with Gasteiger partial charge in [0.1, 0.15) is 22.7 Å². The number of ether oxygens (including phenoxy) is 1. The molecule has 0 saturated heterocycles. The largest absolute Gasteiger partial charge is 0.489 e. The summed E-state index contributed by atoms with van der Waals surface area (Å²) in [4.78, 5) is 9.83. The molecule has 1 heterocycles. The third-order valence-electron chi connectivity index (χ3n) is 3.29. The normalized spacial score (nSPS) is 12.2. The van der Waals surface area contributed by atoms with Crippen molar-refractivity contribution in [3.05, 3.63) is 46.2 Å². The van der Waals surface area contributed by atoms with E-state index in [0.717, 1.165) is 11.4 Å². The molecule has 0 spiro atoms. The van der Waals surface area contributed by atoms with Crippen molar-refractivity contribution < 1.29 is 9.13 Å². The summed E-state index contributed by atoms with van der Waals surface area (Å²) < 4.78 is 18.6. The quantitative estimate of drug-likeness (QED) is 0.363. The number of rotatable bonds is 7. The van der Waals surface area contributed by atoms with Crippen molar-refractivity contribution in [3.63, 3.8) is 0 Å². The van der Waals surface area contributed by atoms with Crippen LogP contribution in [0.3, 0.4) is 0 Å². The van der Waals surface area contributed by atoms with E-state index < -0.39 is 0 Å². The Labute approximate surface area is 169 Å². The van der Waals surface area contributed by atoms with E-state index in [1.165, 1.54) is 17.0 Å². The first-order valence-corrected chi connectivity index (χ1v) is 8.72. The van der Waals surface area contributed by atoms with Gasteiger partial charge >= 0.3 is 0 Å². The molecule has 1 aromatic carbocycles. The second-order valence-corrected chi connectivity index (χ2v) is 6.46. The Kier molecular flexibility index (Phi) is 9.73. The number of aryl methyl sites for hydroxylation is 1. The molecule has 1 unspecified atom stereocenters. The summed E-state index contributed by atoms with van der Waals surface area (Å²) in [5, 5.41) is 7.47. The molecule has 5 nitrogen and oxygen atoms in total. The standard InChI is InChI=1S/C17H23FN4OS.HI/c1-4-15-10-20-16(24-15)11-22-17(19-3)21-9-12(2)23-14-7-5-13(18)6-8-14;/h5-8,10,12H,4,9,11H2,1-3H3,(H2,19,21,22);1H. The third kappa shape index (κ3) is 7.55. The number of hydrogen-bond acceptors (Lipinski definition) is 4. The SMILES string of the molecule is CCc1cnc(CNC(=NC)NCC(C)Oc2ccc(F)cc2)s1.I. The van der Waals surface area contributed by atoms with Crippen molar-refractivity contribution in [2.24, 2.45) is 4.99 Å². The molecule has 0 radical (unpaired) electrons.